The molecule has 28 heavy (non-hydrogen) atoms. The smallest absolute Gasteiger partial charge is 0.234 e. The van der Waals surface area contributed by atoms with Gasteiger partial charge in [0, 0.05) is 11.8 Å². The second-order valence-corrected chi connectivity index (χ2v) is 6.84. The van der Waals surface area contributed by atoms with Crippen LogP contribution in [0, 0.1) is 0 Å². The van der Waals surface area contributed by atoms with Crippen molar-refractivity contribution in [1.29, 1.82) is 0 Å². The number of nitrogens with zero attached hydrogens (tertiary/aromatic N) is 4. The number of benzene rings is 2. The van der Waals surface area contributed by atoms with Gasteiger partial charge >= 0.3 is 0 Å². The summed E-state index contributed by atoms with van der Waals surface area (Å²) in [6.45, 7) is 0. The first-order chi connectivity index (χ1) is 13.7. The molecule has 4 rings (SSSR count). The highest BCUT2D eigenvalue weighted by Gasteiger charge is 2.13. The van der Waals surface area contributed by atoms with Gasteiger partial charge in [-0.1, -0.05) is 36.0 Å². The zero-order chi connectivity index (χ0) is 19.3. The summed E-state index contributed by atoms with van der Waals surface area (Å²) in [4.78, 5) is 21.0. The fourth-order valence-electron chi connectivity index (χ4n) is 2.73. The molecule has 1 N–H and O–H groups in total. The van der Waals surface area contributed by atoms with Crippen molar-refractivity contribution in [3.05, 3.63) is 67.1 Å². The molecule has 1 amide bonds. The Labute approximate surface area is 165 Å². The molecular weight excluding hydrogens is 374 g/mol. The summed E-state index contributed by atoms with van der Waals surface area (Å²) in [5.74, 6) is 0.789. The van der Waals surface area contributed by atoms with E-state index < -0.39 is 0 Å². The lowest BCUT2D eigenvalue weighted by atomic mass is 10.3. The van der Waals surface area contributed by atoms with Gasteiger partial charge in [0.05, 0.1) is 30.1 Å². The number of hydrogen-bond donors (Lipinski definition) is 1. The Hall–Kier alpha value is -3.39. The molecule has 0 fully saturated rings. The number of methoxy groups -OCH3 is 1. The lowest BCUT2D eigenvalue weighted by molar-refractivity contribution is -0.113. The van der Waals surface area contributed by atoms with Gasteiger partial charge in [0.15, 0.2) is 5.65 Å². The molecule has 8 heteroatoms. The van der Waals surface area contributed by atoms with Gasteiger partial charge in [-0.25, -0.2) is 14.6 Å². The summed E-state index contributed by atoms with van der Waals surface area (Å²) < 4.78 is 6.93. The molecule has 0 atom stereocenters. The third-order valence-corrected chi connectivity index (χ3v) is 5.03. The van der Waals surface area contributed by atoms with Gasteiger partial charge in [0.2, 0.25) is 5.91 Å². The maximum absolute atomic E-state index is 12.3. The van der Waals surface area contributed by atoms with Gasteiger partial charge in [0.1, 0.15) is 17.1 Å². The SMILES string of the molecule is COc1cccc(NC(=O)CSc2ncnc3c2cnn3-c2ccccc2)c1. The molecule has 4 aromatic rings. The van der Waals surface area contributed by atoms with Crippen molar-refractivity contribution in [2.24, 2.45) is 0 Å². The van der Waals surface area contributed by atoms with Crippen LogP contribution in [0.4, 0.5) is 5.69 Å². The number of thioether (sulfide) groups is 1. The van der Waals surface area contributed by atoms with Gasteiger partial charge in [0.25, 0.3) is 0 Å². The van der Waals surface area contributed by atoms with Crippen LogP contribution in [0.2, 0.25) is 0 Å². The van der Waals surface area contributed by atoms with Gasteiger partial charge in [-0.15, -0.1) is 0 Å². The van der Waals surface area contributed by atoms with E-state index in [9.17, 15) is 4.79 Å². The molecule has 0 aliphatic heterocycles. The number of anilines is 1. The topological polar surface area (TPSA) is 81.9 Å². The standard InChI is InChI=1S/C20H17N5O2S/c1-27-16-9-5-6-14(10-16)24-18(26)12-28-20-17-11-23-25(19(17)21-13-22-20)15-7-3-2-4-8-15/h2-11,13H,12H2,1H3,(H,24,26). The number of para-hydroxylation sites is 1. The molecule has 0 bridgehead atoms. The predicted molar refractivity (Wildman–Crippen MR) is 109 cm³/mol. The Bertz CT molecular complexity index is 1110. The van der Waals surface area contributed by atoms with Crippen LogP contribution in [-0.2, 0) is 4.79 Å². The van der Waals surface area contributed by atoms with Crippen molar-refractivity contribution in [3.8, 4) is 11.4 Å². The molecule has 0 unspecified atom stereocenters. The van der Waals surface area contributed by atoms with E-state index >= 15 is 0 Å². The van der Waals surface area contributed by atoms with E-state index in [4.69, 9.17) is 4.74 Å². The zero-order valence-corrected chi connectivity index (χ0v) is 15.9. The predicted octanol–water partition coefficient (Wildman–Crippen LogP) is 3.55. The second kappa shape index (κ2) is 8.10. The van der Waals surface area contributed by atoms with Crippen LogP contribution in [-0.4, -0.2) is 38.5 Å². The number of carbonyl (C=O) groups excluding carboxylic acids is 1. The van der Waals surface area contributed by atoms with Crippen molar-refractivity contribution >= 4 is 34.4 Å². The molecule has 0 saturated carbocycles. The molecule has 0 aliphatic carbocycles. The summed E-state index contributed by atoms with van der Waals surface area (Å²) in [5.41, 5.74) is 2.31. The van der Waals surface area contributed by atoms with E-state index in [1.165, 1.54) is 18.1 Å². The lowest BCUT2D eigenvalue weighted by Gasteiger charge is -2.07. The highest BCUT2D eigenvalue weighted by atomic mass is 32.2. The van der Waals surface area contributed by atoms with E-state index in [1.807, 2.05) is 48.5 Å². The summed E-state index contributed by atoms with van der Waals surface area (Å²) in [5, 5.41) is 8.81. The molecule has 2 aromatic carbocycles. The number of amides is 1. The van der Waals surface area contributed by atoms with E-state index in [2.05, 4.69) is 20.4 Å². The van der Waals surface area contributed by atoms with Gasteiger partial charge in [-0.05, 0) is 24.3 Å². The largest absolute Gasteiger partial charge is 0.497 e. The molecule has 0 radical (unpaired) electrons. The highest BCUT2D eigenvalue weighted by molar-refractivity contribution is 8.00. The van der Waals surface area contributed by atoms with Crippen LogP contribution in [0.1, 0.15) is 0 Å². The number of hydrogen-bond acceptors (Lipinski definition) is 6. The summed E-state index contributed by atoms with van der Waals surface area (Å²) in [7, 11) is 1.59. The minimum absolute atomic E-state index is 0.125. The molecule has 0 spiro atoms. The number of rotatable bonds is 6. The number of ether oxygens (including phenoxy) is 1. The molecule has 0 aliphatic rings. The fraction of sp³-hybridized carbons (Fsp3) is 0.100. The summed E-state index contributed by atoms with van der Waals surface area (Å²) in [6.07, 6.45) is 3.22. The van der Waals surface area contributed by atoms with E-state index in [1.54, 1.807) is 24.1 Å². The van der Waals surface area contributed by atoms with Gasteiger partial charge < -0.3 is 10.1 Å². The number of nitrogens with one attached hydrogen (secondary N) is 1. The van der Waals surface area contributed by atoms with Crippen LogP contribution in [0.25, 0.3) is 16.7 Å². The Balaban J connectivity index is 1.49. The van der Waals surface area contributed by atoms with E-state index in [0.29, 0.717) is 22.1 Å². The normalized spacial score (nSPS) is 10.8. The molecule has 0 saturated heterocycles. The van der Waals surface area contributed by atoms with Crippen molar-refractivity contribution < 1.29 is 9.53 Å². The first-order valence-electron chi connectivity index (χ1n) is 8.55. The Morgan fingerprint density at radius 3 is 2.82 bits per heavy atom. The number of aromatic nitrogens is 4. The quantitative estimate of drug-likeness (QED) is 0.400. The third-order valence-electron chi connectivity index (χ3n) is 4.02. The Morgan fingerprint density at radius 2 is 2.00 bits per heavy atom. The monoisotopic (exact) mass is 391 g/mol. The second-order valence-electron chi connectivity index (χ2n) is 5.88. The first kappa shape index (κ1) is 18.0. The van der Waals surface area contributed by atoms with Crippen molar-refractivity contribution in [1.82, 2.24) is 19.7 Å². The van der Waals surface area contributed by atoms with E-state index in [0.717, 1.165) is 11.1 Å². The molecule has 2 heterocycles. The molecule has 7 nitrogen and oxygen atoms in total. The molecule has 140 valence electrons. The lowest BCUT2D eigenvalue weighted by Crippen LogP contribution is -2.14. The van der Waals surface area contributed by atoms with Crippen LogP contribution < -0.4 is 10.1 Å². The van der Waals surface area contributed by atoms with Crippen LogP contribution in [0.5, 0.6) is 5.75 Å². The molecular formula is C20H17N5O2S. The van der Waals surface area contributed by atoms with Gasteiger partial charge in [-0.3, -0.25) is 4.79 Å². The summed E-state index contributed by atoms with van der Waals surface area (Å²) in [6, 6.07) is 17.0. The van der Waals surface area contributed by atoms with Gasteiger partial charge in [-0.2, -0.15) is 5.10 Å². The zero-order valence-electron chi connectivity index (χ0n) is 15.1. The fourth-order valence-corrected chi connectivity index (χ4v) is 3.49. The highest BCUT2D eigenvalue weighted by Crippen LogP contribution is 2.26. The Morgan fingerprint density at radius 1 is 1.14 bits per heavy atom. The Kier molecular flexibility index (Phi) is 5.20. The van der Waals surface area contributed by atoms with Crippen molar-refractivity contribution in [2.45, 2.75) is 5.03 Å². The van der Waals surface area contributed by atoms with Crippen molar-refractivity contribution in [2.75, 3.05) is 18.2 Å². The third kappa shape index (κ3) is 3.81. The molecule has 2 aromatic heterocycles. The van der Waals surface area contributed by atoms with Crippen LogP contribution in [0.3, 0.4) is 0 Å². The maximum Gasteiger partial charge on any atom is 0.234 e. The average molecular weight is 391 g/mol. The summed E-state index contributed by atoms with van der Waals surface area (Å²) >= 11 is 1.35. The van der Waals surface area contributed by atoms with E-state index in [-0.39, 0.29) is 11.7 Å². The van der Waals surface area contributed by atoms with Crippen LogP contribution >= 0.6 is 11.8 Å². The number of fused-ring (bicyclic) bond motifs is 1. The van der Waals surface area contributed by atoms with Crippen LogP contribution in [0.15, 0.2) is 72.1 Å². The first-order valence-corrected chi connectivity index (χ1v) is 9.54. The minimum Gasteiger partial charge on any atom is -0.497 e. The average Bonchev–Trinajstić information content (AvgIpc) is 3.18. The number of carbonyl (C=O) groups is 1. The van der Waals surface area contributed by atoms with Crippen molar-refractivity contribution in [3.63, 3.8) is 0 Å². The maximum atomic E-state index is 12.3. The minimum atomic E-state index is -0.125.